The number of fused-ring (bicyclic) bond motifs is 3. The highest BCUT2D eigenvalue weighted by Crippen LogP contribution is 2.37. The van der Waals surface area contributed by atoms with Gasteiger partial charge < -0.3 is 11.5 Å². The van der Waals surface area contributed by atoms with Crippen molar-refractivity contribution in [2.24, 2.45) is 11.5 Å². The van der Waals surface area contributed by atoms with Crippen LogP contribution in [0, 0.1) is 0 Å². The van der Waals surface area contributed by atoms with E-state index < -0.39 is 5.54 Å². The van der Waals surface area contributed by atoms with Crippen LogP contribution in [0.2, 0.25) is 0 Å². The lowest BCUT2D eigenvalue weighted by molar-refractivity contribution is 0.410. The highest BCUT2D eigenvalue weighted by Gasteiger charge is 2.27. The molecule has 2 heteroatoms. The highest BCUT2D eigenvalue weighted by atomic mass is 14.8. The van der Waals surface area contributed by atoms with Crippen LogP contribution in [0.3, 0.4) is 0 Å². The summed E-state index contributed by atoms with van der Waals surface area (Å²) in [6, 6.07) is 33.9. The van der Waals surface area contributed by atoms with Gasteiger partial charge in [-0.1, -0.05) is 84.9 Å². The van der Waals surface area contributed by atoms with E-state index in [1.807, 2.05) is 0 Å². The van der Waals surface area contributed by atoms with Crippen molar-refractivity contribution in [1.82, 2.24) is 0 Å². The Bertz CT molecular complexity index is 1310. The summed E-state index contributed by atoms with van der Waals surface area (Å²) < 4.78 is 0. The van der Waals surface area contributed by atoms with Crippen molar-refractivity contribution in [2.45, 2.75) is 24.9 Å². The average molecular weight is 391 g/mol. The molecular formula is C28H26N2. The molecule has 2 unspecified atom stereocenters. The van der Waals surface area contributed by atoms with Crippen molar-refractivity contribution >= 4 is 32.3 Å². The van der Waals surface area contributed by atoms with Gasteiger partial charge in [0.15, 0.2) is 0 Å². The normalized spacial score (nSPS) is 14.8. The quantitative estimate of drug-likeness (QED) is 0.348. The van der Waals surface area contributed by atoms with E-state index in [9.17, 15) is 0 Å². The monoisotopic (exact) mass is 390 g/mol. The first kappa shape index (κ1) is 18.8. The van der Waals surface area contributed by atoms with Crippen LogP contribution in [0.4, 0.5) is 0 Å². The van der Waals surface area contributed by atoms with Crippen LogP contribution in [0.1, 0.15) is 30.5 Å². The van der Waals surface area contributed by atoms with Gasteiger partial charge in [-0.15, -0.1) is 0 Å². The van der Waals surface area contributed by atoms with Gasteiger partial charge in [-0.2, -0.15) is 0 Å². The Kier molecular flexibility index (Phi) is 4.54. The zero-order valence-corrected chi connectivity index (χ0v) is 17.2. The van der Waals surface area contributed by atoms with Crippen LogP contribution < -0.4 is 11.5 Å². The fourth-order valence-electron chi connectivity index (χ4n) is 4.67. The first-order chi connectivity index (χ1) is 14.5. The van der Waals surface area contributed by atoms with Crippen molar-refractivity contribution < 1.29 is 0 Å². The average Bonchev–Trinajstić information content (AvgIpc) is 2.76. The summed E-state index contributed by atoms with van der Waals surface area (Å²) >= 11 is 0. The number of hydrogen-bond acceptors (Lipinski definition) is 2. The molecule has 2 nitrogen and oxygen atoms in total. The van der Waals surface area contributed by atoms with E-state index in [2.05, 4.69) is 104 Å². The predicted molar refractivity (Wildman–Crippen MR) is 128 cm³/mol. The molecular weight excluding hydrogens is 364 g/mol. The number of benzene rings is 5. The standard InChI is InChI=1S/C28H26N2/c1-28(30,23-15-14-19-8-2-3-9-20(19)17-23)18-26(29)27-24-12-6-4-10-21(24)16-22-11-5-7-13-25(22)27/h2-17,26H,18,29-30H2,1H3. The Labute approximate surface area is 177 Å². The van der Waals surface area contributed by atoms with Gasteiger partial charge in [0.25, 0.3) is 0 Å². The van der Waals surface area contributed by atoms with Gasteiger partial charge in [0, 0.05) is 11.6 Å². The Morgan fingerprint density at radius 3 is 1.83 bits per heavy atom. The van der Waals surface area contributed by atoms with Gasteiger partial charge in [0.05, 0.1) is 0 Å². The summed E-state index contributed by atoms with van der Waals surface area (Å²) in [5.74, 6) is 0. The molecule has 0 aromatic heterocycles. The van der Waals surface area contributed by atoms with Crippen molar-refractivity contribution in [1.29, 1.82) is 0 Å². The summed E-state index contributed by atoms with van der Waals surface area (Å²) in [5.41, 5.74) is 15.5. The molecule has 0 aliphatic rings. The van der Waals surface area contributed by atoms with E-state index >= 15 is 0 Å². The smallest absolute Gasteiger partial charge is 0.0399 e. The lowest BCUT2D eigenvalue weighted by atomic mass is 9.82. The minimum atomic E-state index is -0.540. The fraction of sp³-hybridized carbons (Fsp3) is 0.143. The number of rotatable bonds is 4. The molecule has 0 aliphatic heterocycles. The Morgan fingerprint density at radius 1 is 0.667 bits per heavy atom. The third kappa shape index (κ3) is 3.24. The molecule has 0 aliphatic carbocycles. The SMILES string of the molecule is CC(N)(CC(N)c1c2ccccc2cc2ccccc12)c1ccc2ccccc2c1. The molecule has 5 rings (SSSR count). The second-order valence-corrected chi connectivity index (χ2v) is 8.52. The van der Waals surface area contributed by atoms with Gasteiger partial charge in [0.2, 0.25) is 0 Å². The third-order valence-corrected chi connectivity index (χ3v) is 6.24. The molecule has 0 saturated carbocycles. The molecule has 5 aromatic carbocycles. The molecule has 0 radical (unpaired) electrons. The lowest BCUT2D eigenvalue weighted by Gasteiger charge is -2.30. The lowest BCUT2D eigenvalue weighted by Crippen LogP contribution is -2.36. The van der Waals surface area contributed by atoms with Gasteiger partial charge in [-0.3, -0.25) is 0 Å². The second-order valence-electron chi connectivity index (χ2n) is 8.52. The Morgan fingerprint density at radius 2 is 1.20 bits per heavy atom. The summed E-state index contributed by atoms with van der Waals surface area (Å²) in [5, 5.41) is 7.27. The Hall–Kier alpha value is -3.20. The minimum absolute atomic E-state index is 0.178. The summed E-state index contributed by atoms with van der Waals surface area (Å²) in [7, 11) is 0. The van der Waals surface area contributed by atoms with Gasteiger partial charge in [0.1, 0.15) is 0 Å². The summed E-state index contributed by atoms with van der Waals surface area (Å²) in [6.45, 7) is 2.09. The van der Waals surface area contributed by atoms with Crippen molar-refractivity contribution in [2.75, 3.05) is 0 Å². The molecule has 5 aromatic rings. The fourth-order valence-corrected chi connectivity index (χ4v) is 4.67. The summed E-state index contributed by atoms with van der Waals surface area (Å²) in [6.07, 6.45) is 0.656. The van der Waals surface area contributed by atoms with Crippen molar-refractivity contribution in [3.63, 3.8) is 0 Å². The van der Waals surface area contributed by atoms with Gasteiger partial charge >= 0.3 is 0 Å². The maximum absolute atomic E-state index is 6.88. The molecule has 4 N–H and O–H groups in total. The predicted octanol–water partition coefficient (Wildman–Crippen LogP) is 6.41. The van der Waals surface area contributed by atoms with Gasteiger partial charge in [-0.25, -0.2) is 0 Å². The van der Waals surface area contributed by atoms with E-state index in [0.29, 0.717) is 6.42 Å². The number of hydrogen-bond donors (Lipinski definition) is 2. The maximum atomic E-state index is 6.88. The topological polar surface area (TPSA) is 52.0 Å². The van der Waals surface area contributed by atoms with Gasteiger partial charge in [-0.05, 0) is 68.9 Å². The zero-order valence-electron chi connectivity index (χ0n) is 17.2. The van der Waals surface area contributed by atoms with E-state index in [1.165, 1.54) is 37.9 Å². The maximum Gasteiger partial charge on any atom is 0.0399 e. The first-order valence-corrected chi connectivity index (χ1v) is 10.5. The second kappa shape index (κ2) is 7.24. The third-order valence-electron chi connectivity index (χ3n) is 6.24. The molecule has 0 spiro atoms. The zero-order chi connectivity index (χ0) is 20.7. The summed E-state index contributed by atoms with van der Waals surface area (Å²) in [4.78, 5) is 0. The Balaban J connectivity index is 1.59. The molecule has 148 valence electrons. The van der Waals surface area contributed by atoms with Crippen LogP contribution in [-0.2, 0) is 5.54 Å². The van der Waals surface area contributed by atoms with Crippen molar-refractivity contribution in [3.8, 4) is 0 Å². The van der Waals surface area contributed by atoms with Crippen molar-refractivity contribution in [3.05, 3.63) is 108 Å². The minimum Gasteiger partial charge on any atom is -0.324 e. The molecule has 0 bridgehead atoms. The molecule has 2 atom stereocenters. The first-order valence-electron chi connectivity index (χ1n) is 10.5. The van der Waals surface area contributed by atoms with Crippen LogP contribution >= 0.6 is 0 Å². The number of nitrogens with two attached hydrogens (primary N) is 2. The highest BCUT2D eigenvalue weighted by molar-refractivity contribution is 6.02. The van der Waals surface area contributed by atoms with E-state index in [0.717, 1.165) is 5.56 Å². The van der Waals surface area contributed by atoms with Crippen LogP contribution in [0.5, 0.6) is 0 Å². The van der Waals surface area contributed by atoms with E-state index in [4.69, 9.17) is 11.5 Å². The largest absolute Gasteiger partial charge is 0.324 e. The van der Waals surface area contributed by atoms with E-state index in [1.54, 1.807) is 0 Å². The molecule has 0 saturated heterocycles. The van der Waals surface area contributed by atoms with Crippen LogP contribution in [0.25, 0.3) is 32.3 Å². The van der Waals surface area contributed by atoms with Crippen LogP contribution in [-0.4, -0.2) is 0 Å². The molecule has 30 heavy (non-hydrogen) atoms. The van der Waals surface area contributed by atoms with E-state index in [-0.39, 0.29) is 6.04 Å². The van der Waals surface area contributed by atoms with Crippen LogP contribution in [0.15, 0.2) is 97.1 Å². The molecule has 0 heterocycles. The molecule has 0 amide bonds. The molecule has 0 fully saturated rings.